The van der Waals surface area contributed by atoms with Crippen molar-refractivity contribution in [1.82, 2.24) is 30.2 Å². The third-order valence-corrected chi connectivity index (χ3v) is 4.55. The zero-order valence-electron chi connectivity index (χ0n) is 14.5. The topological polar surface area (TPSA) is 78.8 Å². The lowest BCUT2D eigenvalue weighted by Crippen LogP contribution is -2.55. The molecule has 1 aromatic carbocycles. The van der Waals surface area contributed by atoms with Gasteiger partial charge < -0.3 is 0 Å². The van der Waals surface area contributed by atoms with E-state index in [1.165, 1.54) is 6.92 Å². The lowest BCUT2D eigenvalue weighted by atomic mass is 10.1. The molecule has 0 saturated carbocycles. The van der Waals surface area contributed by atoms with E-state index >= 15 is 0 Å². The van der Waals surface area contributed by atoms with Crippen LogP contribution in [0, 0.1) is 0 Å². The summed E-state index contributed by atoms with van der Waals surface area (Å²) in [5.41, 5.74) is -0.817. The van der Waals surface area contributed by atoms with Gasteiger partial charge in [-0.15, -0.1) is 0 Å². The number of alkyl halides is 1. The van der Waals surface area contributed by atoms with E-state index in [2.05, 4.69) is 15.1 Å². The fraction of sp³-hybridized carbons (Fsp3) is 0.267. The van der Waals surface area contributed by atoms with Crippen LogP contribution >= 0.6 is 23.2 Å². The van der Waals surface area contributed by atoms with Crippen LogP contribution in [0.15, 0.2) is 30.6 Å². The fourth-order valence-corrected chi connectivity index (χ4v) is 3.04. The second-order valence-corrected chi connectivity index (χ2v) is 6.44. The van der Waals surface area contributed by atoms with Gasteiger partial charge in [-0.25, -0.2) is 15.4 Å². The van der Waals surface area contributed by atoms with Crippen molar-refractivity contribution < 1.29 is 13.4 Å². The Kier molecular flexibility index (Phi) is 6.20. The first kappa shape index (κ1) is 20.6. The highest BCUT2D eigenvalue weighted by Gasteiger charge is 2.31. The fourth-order valence-electron chi connectivity index (χ4n) is 2.55. The summed E-state index contributed by atoms with van der Waals surface area (Å²) < 4.78 is 42.0. The Balaban J connectivity index is 2.24. The number of hydrogen-bond acceptors (Lipinski definition) is 7. The van der Waals surface area contributed by atoms with Gasteiger partial charge in [-0.1, -0.05) is 62.4 Å². The second-order valence-electron chi connectivity index (χ2n) is 5.67. The van der Waals surface area contributed by atoms with Gasteiger partial charge in [0.2, 0.25) is 0 Å². The summed E-state index contributed by atoms with van der Waals surface area (Å²) in [4.78, 5) is 8.01. The number of hydrogen-bond donors (Lipinski definition) is 1. The van der Waals surface area contributed by atoms with Crippen LogP contribution in [0.1, 0.15) is 13.3 Å². The molecular formula is C15H15Cl2F3N8. The quantitative estimate of drug-likeness (QED) is 0.262. The van der Waals surface area contributed by atoms with E-state index in [1.54, 1.807) is 24.3 Å². The summed E-state index contributed by atoms with van der Waals surface area (Å²) in [5.74, 6) is 5.87. The predicted molar refractivity (Wildman–Crippen MR) is 98.9 cm³/mol. The number of benzene rings is 1. The van der Waals surface area contributed by atoms with Crippen LogP contribution in [-0.4, -0.2) is 42.9 Å². The minimum absolute atomic E-state index is 0.0164. The van der Waals surface area contributed by atoms with Gasteiger partial charge in [-0.05, 0) is 12.5 Å². The molecule has 1 unspecified atom stereocenters. The lowest BCUT2D eigenvalue weighted by molar-refractivity contribution is -0.309. The Morgan fingerprint density at radius 3 is 2.61 bits per heavy atom. The van der Waals surface area contributed by atoms with Gasteiger partial charge in [0.05, 0.1) is 12.1 Å². The van der Waals surface area contributed by atoms with Crippen molar-refractivity contribution in [2.45, 2.75) is 19.5 Å². The zero-order valence-corrected chi connectivity index (χ0v) is 16.0. The highest BCUT2D eigenvalue weighted by Crippen LogP contribution is 2.39. The van der Waals surface area contributed by atoms with Gasteiger partial charge in [-0.2, -0.15) is 19.6 Å². The number of hydrazine groups is 3. The number of nitrogens with zero attached hydrogens (tertiary/aromatic N) is 7. The summed E-state index contributed by atoms with van der Waals surface area (Å²) in [6, 6.07) is 6.57. The smallest absolute Gasteiger partial charge is 0.246 e. The second kappa shape index (κ2) is 8.45. The van der Waals surface area contributed by atoms with Crippen molar-refractivity contribution in [3.05, 3.63) is 40.8 Å². The van der Waals surface area contributed by atoms with Crippen molar-refractivity contribution in [2.24, 2.45) is 5.84 Å². The molecule has 13 heteroatoms. The van der Waals surface area contributed by atoms with Crippen LogP contribution in [0.5, 0.6) is 0 Å². The van der Waals surface area contributed by atoms with E-state index in [1.807, 2.05) is 0 Å². The number of rotatable bonds is 7. The Morgan fingerprint density at radius 2 is 1.96 bits per heavy atom. The highest BCUT2D eigenvalue weighted by molar-refractivity contribution is 6.36. The maximum atomic E-state index is 13.9. The van der Waals surface area contributed by atoms with Crippen molar-refractivity contribution in [1.29, 1.82) is 0 Å². The molecule has 28 heavy (non-hydrogen) atoms. The van der Waals surface area contributed by atoms with Crippen LogP contribution in [0.3, 0.4) is 0 Å². The minimum Gasteiger partial charge on any atom is -0.246 e. The molecule has 0 amide bonds. The van der Waals surface area contributed by atoms with Gasteiger partial charge in [0.25, 0.3) is 5.78 Å². The normalized spacial score (nSPS) is 12.9. The van der Waals surface area contributed by atoms with Gasteiger partial charge in [0, 0.05) is 10.6 Å². The molecule has 3 rings (SSSR count). The molecular weight excluding hydrogens is 420 g/mol. The third-order valence-electron chi connectivity index (χ3n) is 3.95. The highest BCUT2D eigenvalue weighted by atomic mass is 35.5. The first-order valence-electron chi connectivity index (χ1n) is 8.07. The maximum Gasteiger partial charge on any atom is 0.255 e. The molecule has 2 aromatic heterocycles. The van der Waals surface area contributed by atoms with Crippen LogP contribution in [0.4, 0.5) is 19.2 Å². The molecule has 8 nitrogen and oxygen atoms in total. The van der Waals surface area contributed by atoms with Gasteiger partial charge in [0.1, 0.15) is 23.1 Å². The van der Waals surface area contributed by atoms with Crippen molar-refractivity contribution >= 4 is 34.8 Å². The van der Waals surface area contributed by atoms with E-state index in [9.17, 15) is 13.4 Å². The Labute approximate surface area is 167 Å². The van der Waals surface area contributed by atoms with Crippen LogP contribution < -0.4 is 11.0 Å². The van der Waals surface area contributed by atoms with Crippen molar-refractivity contribution in [3.8, 4) is 11.1 Å². The first-order chi connectivity index (χ1) is 13.3. The van der Waals surface area contributed by atoms with E-state index in [0.29, 0.717) is 10.7 Å². The van der Waals surface area contributed by atoms with Crippen molar-refractivity contribution in [3.63, 3.8) is 0 Å². The van der Waals surface area contributed by atoms with E-state index in [0.717, 1.165) is 10.8 Å². The molecule has 3 aromatic rings. The molecule has 2 N–H and O–H groups in total. The Bertz CT molecular complexity index is 970. The summed E-state index contributed by atoms with van der Waals surface area (Å²) in [5, 5.41) is 4.91. The molecule has 0 spiro atoms. The number of fused-ring (bicyclic) bond motifs is 1. The van der Waals surface area contributed by atoms with Gasteiger partial charge >= 0.3 is 0 Å². The molecule has 0 aliphatic rings. The molecule has 0 bridgehead atoms. The number of nitrogens with two attached hydrogens (primary N) is 1. The van der Waals surface area contributed by atoms with Crippen LogP contribution in [0.25, 0.3) is 16.9 Å². The largest absolute Gasteiger partial charge is 0.255 e. The molecule has 1 atom stereocenters. The molecule has 2 heterocycles. The van der Waals surface area contributed by atoms with E-state index in [-0.39, 0.29) is 38.9 Å². The van der Waals surface area contributed by atoms with Crippen molar-refractivity contribution in [2.75, 3.05) is 11.7 Å². The van der Waals surface area contributed by atoms with E-state index < -0.39 is 18.2 Å². The molecule has 0 fully saturated rings. The predicted octanol–water partition coefficient (Wildman–Crippen LogP) is 3.73. The maximum absolute atomic E-state index is 13.9. The summed E-state index contributed by atoms with van der Waals surface area (Å²) in [7, 11) is 0. The third kappa shape index (κ3) is 3.84. The number of halogens is 5. The SMILES string of the molecule is CCC(F)CN(N(F)F)N(N)c1c(-c2ccccc2Cl)c(Cl)nc2ncnn12. The average molecular weight is 435 g/mol. The molecule has 0 saturated heterocycles. The Hall–Kier alpha value is -2.18. The Morgan fingerprint density at radius 1 is 1.25 bits per heavy atom. The summed E-state index contributed by atoms with van der Waals surface area (Å²) in [6.07, 6.45) is -0.387. The standard InChI is InChI=1S/C15H15Cl2F3N8/c1-2-9(18)7-25(28(19)20)27(21)14-12(10-5-3-4-6-11(10)16)13(17)24-15-22-8-23-26(14)15/h3-6,8-9H,2,7,21H2,1H3. The molecule has 0 aliphatic carbocycles. The first-order valence-corrected chi connectivity index (χ1v) is 8.82. The van der Waals surface area contributed by atoms with Crippen LogP contribution in [0.2, 0.25) is 10.2 Å². The van der Waals surface area contributed by atoms with Gasteiger partial charge in [0.15, 0.2) is 5.82 Å². The number of anilines is 1. The molecule has 150 valence electrons. The lowest BCUT2D eigenvalue weighted by Gasteiger charge is -2.32. The average Bonchev–Trinajstić information content (AvgIpc) is 3.12. The van der Waals surface area contributed by atoms with Gasteiger partial charge in [-0.3, -0.25) is 0 Å². The molecule has 0 radical (unpaired) electrons. The summed E-state index contributed by atoms with van der Waals surface area (Å²) in [6.45, 7) is 0.816. The number of aromatic nitrogens is 4. The summed E-state index contributed by atoms with van der Waals surface area (Å²) >= 11 is 12.6. The monoisotopic (exact) mass is 434 g/mol. The molecule has 0 aliphatic heterocycles. The minimum atomic E-state index is -1.56. The zero-order chi connectivity index (χ0) is 20.4. The van der Waals surface area contributed by atoms with Crippen LogP contribution in [-0.2, 0) is 0 Å². The van der Waals surface area contributed by atoms with E-state index in [4.69, 9.17) is 29.0 Å².